The van der Waals surface area contributed by atoms with Gasteiger partial charge in [-0.2, -0.15) is 0 Å². The van der Waals surface area contributed by atoms with Crippen molar-refractivity contribution >= 4 is 24.8 Å². The summed E-state index contributed by atoms with van der Waals surface area (Å²) in [6.45, 7) is 5.06. The molecule has 3 rings (SSSR count). The van der Waals surface area contributed by atoms with E-state index in [0.717, 1.165) is 51.1 Å². The lowest BCUT2D eigenvalue weighted by Crippen LogP contribution is -2.48. The van der Waals surface area contributed by atoms with E-state index in [9.17, 15) is 13.9 Å². The van der Waals surface area contributed by atoms with Gasteiger partial charge in [0.1, 0.15) is 0 Å². The average molecular weight is 369 g/mol. The zero-order valence-electron chi connectivity index (χ0n) is 13.0. The number of aliphatic hydroxyl groups excluding tert-OH is 1. The smallest absolute Gasteiger partial charge is 0.159 e. The van der Waals surface area contributed by atoms with Gasteiger partial charge in [-0.25, -0.2) is 8.78 Å². The minimum atomic E-state index is -0.794. The molecule has 23 heavy (non-hydrogen) atoms. The highest BCUT2D eigenvalue weighted by atomic mass is 35.5. The molecule has 0 aromatic heterocycles. The van der Waals surface area contributed by atoms with Crippen molar-refractivity contribution in [3.63, 3.8) is 0 Å². The van der Waals surface area contributed by atoms with E-state index in [1.54, 1.807) is 6.07 Å². The van der Waals surface area contributed by atoms with Crippen LogP contribution in [0.1, 0.15) is 18.4 Å². The van der Waals surface area contributed by atoms with Crippen molar-refractivity contribution in [2.45, 2.75) is 25.5 Å². The highest BCUT2D eigenvalue weighted by Gasteiger charge is 2.31. The molecule has 2 fully saturated rings. The van der Waals surface area contributed by atoms with E-state index < -0.39 is 11.6 Å². The maximum Gasteiger partial charge on any atom is 0.159 e. The van der Waals surface area contributed by atoms with E-state index in [-0.39, 0.29) is 30.9 Å². The second kappa shape index (κ2) is 9.14. The molecule has 0 radical (unpaired) electrons. The maximum absolute atomic E-state index is 13.2. The summed E-state index contributed by atoms with van der Waals surface area (Å²) in [5, 5.41) is 9.97. The van der Waals surface area contributed by atoms with E-state index in [4.69, 9.17) is 0 Å². The van der Waals surface area contributed by atoms with Crippen LogP contribution in [0, 0.1) is 17.6 Å². The molecule has 1 saturated carbocycles. The normalized spacial score (nSPS) is 20.5. The summed E-state index contributed by atoms with van der Waals surface area (Å²) in [6.07, 6.45) is 2.15. The predicted molar refractivity (Wildman–Crippen MR) is 91.3 cm³/mol. The van der Waals surface area contributed by atoms with E-state index in [1.165, 1.54) is 12.1 Å². The van der Waals surface area contributed by atoms with E-state index >= 15 is 0 Å². The molecule has 0 amide bonds. The summed E-state index contributed by atoms with van der Waals surface area (Å²) in [4.78, 5) is 4.54. The Kier molecular flexibility index (Phi) is 8.18. The SMILES string of the molecule is Cl.Cl.OC(CN1CCN(Cc2ccc(F)c(F)c2)CC1)C1CC1. The van der Waals surface area contributed by atoms with Gasteiger partial charge >= 0.3 is 0 Å². The highest BCUT2D eigenvalue weighted by molar-refractivity contribution is 5.85. The standard InChI is InChI=1S/C16H22F2N2O.2ClH/c17-14-4-1-12(9-15(14)18)10-19-5-7-20(8-6-19)11-16(21)13-2-3-13;;/h1,4,9,13,16,21H,2-3,5-8,10-11H2;2*1H. The van der Waals surface area contributed by atoms with Crippen LogP contribution in [0.4, 0.5) is 8.78 Å². The first-order chi connectivity index (χ1) is 10.1. The number of hydrogen-bond donors (Lipinski definition) is 1. The summed E-state index contributed by atoms with van der Waals surface area (Å²) in [5.74, 6) is -1.05. The third-order valence-electron chi connectivity index (χ3n) is 4.47. The third kappa shape index (κ3) is 5.84. The molecule has 1 unspecified atom stereocenters. The van der Waals surface area contributed by atoms with Crippen LogP contribution in [-0.2, 0) is 6.54 Å². The first-order valence-electron chi connectivity index (χ1n) is 7.68. The van der Waals surface area contributed by atoms with E-state index in [2.05, 4.69) is 9.80 Å². The molecule has 1 aromatic carbocycles. The molecule has 1 heterocycles. The predicted octanol–water partition coefficient (Wildman–Crippen LogP) is 2.70. The summed E-state index contributed by atoms with van der Waals surface area (Å²) in [7, 11) is 0. The molecular weight excluding hydrogens is 345 g/mol. The number of hydrogen-bond acceptors (Lipinski definition) is 3. The average Bonchev–Trinajstić information content (AvgIpc) is 3.30. The molecule has 2 aliphatic rings. The number of piperazine rings is 1. The van der Waals surface area contributed by atoms with Gasteiger partial charge in [-0.15, -0.1) is 24.8 Å². The second-order valence-electron chi connectivity index (χ2n) is 6.23. The Morgan fingerprint density at radius 3 is 2.17 bits per heavy atom. The fraction of sp³-hybridized carbons (Fsp3) is 0.625. The van der Waals surface area contributed by atoms with Crippen molar-refractivity contribution < 1.29 is 13.9 Å². The summed E-state index contributed by atoms with van der Waals surface area (Å²) < 4.78 is 26.1. The van der Waals surface area contributed by atoms with E-state index in [1.807, 2.05) is 0 Å². The largest absolute Gasteiger partial charge is 0.392 e. The lowest BCUT2D eigenvalue weighted by Gasteiger charge is -2.35. The van der Waals surface area contributed by atoms with Crippen LogP contribution in [0.5, 0.6) is 0 Å². The monoisotopic (exact) mass is 368 g/mol. The van der Waals surface area contributed by atoms with Crippen molar-refractivity contribution in [2.24, 2.45) is 5.92 Å². The minimum Gasteiger partial charge on any atom is -0.392 e. The number of rotatable bonds is 5. The molecule has 1 N–H and O–H groups in total. The van der Waals surface area contributed by atoms with Crippen molar-refractivity contribution in [2.75, 3.05) is 32.7 Å². The fourth-order valence-corrected chi connectivity index (χ4v) is 2.92. The van der Waals surface area contributed by atoms with E-state index in [0.29, 0.717) is 12.5 Å². The number of halogens is 4. The molecule has 7 heteroatoms. The topological polar surface area (TPSA) is 26.7 Å². The van der Waals surface area contributed by atoms with Crippen molar-refractivity contribution in [1.29, 1.82) is 0 Å². The van der Waals surface area contributed by atoms with Gasteiger partial charge < -0.3 is 5.11 Å². The van der Waals surface area contributed by atoms with Gasteiger partial charge in [-0.1, -0.05) is 6.07 Å². The molecule has 1 aliphatic heterocycles. The zero-order chi connectivity index (χ0) is 14.8. The molecular formula is C16H24Cl2F2N2O. The minimum absolute atomic E-state index is 0. The van der Waals surface area contributed by atoms with Crippen LogP contribution < -0.4 is 0 Å². The molecule has 0 spiro atoms. The molecule has 1 atom stereocenters. The van der Waals surface area contributed by atoms with Crippen molar-refractivity contribution in [3.05, 3.63) is 35.4 Å². The molecule has 132 valence electrons. The summed E-state index contributed by atoms with van der Waals surface area (Å²) >= 11 is 0. The van der Waals surface area contributed by atoms with Crippen LogP contribution in [-0.4, -0.2) is 53.7 Å². The third-order valence-corrected chi connectivity index (χ3v) is 4.47. The molecule has 3 nitrogen and oxygen atoms in total. The van der Waals surface area contributed by atoms with Gasteiger partial charge in [0.05, 0.1) is 6.10 Å². The second-order valence-corrected chi connectivity index (χ2v) is 6.23. The number of nitrogens with zero attached hydrogens (tertiary/aromatic N) is 2. The summed E-state index contributed by atoms with van der Waals surface area (Å²) in [6, 6.07) is 4.10. The Morgan fingerprint density at radius 1 is 1.00 bits per heavy atom. The molecule has 1 aliphatic carbocycles. The Labute approximate surface area is 148 Å². The Morgan fingerprint density at radius 2 is 1.61 bits per heavy atom. The molecule has 0 bridgehead atoms. The lowest BCUT2D eigenvalue weighted by atomic mass is 10.1. The number of aliphatic hydroxyl groups is 1. The quantitative estimate of drug-likeness (QED) is 0.865. The zero-order valence-corrected chi connectivity index (χ0v) is 14.6. The van der Waals surface area contributed by atoms with Gasteiger partial charge in [0.15, 0.2) is 11.6 Å². The number of benzene rings is 1. The van der Waals surface area contributed by atoms with Crippen LogP contribution in [0.15, 0.2) is 18.2 Å². The van der Waals surface area contributed by atoms with Gasteiger partial charge in [0.2, 0.25) is 0 Å². The van der Waals surface area contributed by atoms with Gasteiger partial charge in [-0.05, 0) is 36.5 Å². The van der Waals surface area contributed by atoms with Crippen molar-refractivity contribution in [1.82, 2.24) is 9.80 Å². The first kappa shape index (κ1) is 20.6. The van der Waals surface area contributed by atoms with Crippen molar-refractivity contribution in [3.8, 4) is 0 Å². The first-order valence-corrected chi connectivity index (χ1v) is 7.68. The summed E-state index contributed by atoms with van der Waals surface area (Å²) in [5.41, 5.74) is 0.806. The Balaban J connectivity index is 0.00000132. The Hall–Kier alpha value is -0.460. The van der Waals surface area contributed by atoms with Crippen LogP contribution in [0.3, 0.4) is 0 Å². The highest BCUT2D eigenvalue weighted by Crippen LogP contribution is 2.32. The Bertz CT molecular complexity index is 495. The van der Waals surface area contributed by atoms with Gasteiger partial charge in [0.25, 0.3) is 0 Å². The number of β-amino-alcohol motifs (C(OH)–C–C–N with tert-alkyl or cyclic N) is 1. The van der Waals surface area contributed by atoms with Crippen LogP contribution in [0.25, 0.3) is 0 Å². The van der Waals surface area contributed by atoms with Crippen LogP contribution >= 0.6 is 24.8 Å². The van der Waals surface area contributed by atoms with Gasteiger partial charge in [0, 0.05) is 39.3 Å². The molecule has 1 saturated heterocycles. The van der Waals surface area contributed by atoms with Gasteiger partial charge in [-0.3, -0.25) is 9.80 Å². The fourth-order valence-electron chi connectivity index (χ4n) is 2.92. The lowest BCUT2D eigenvalue weighted by molar-refractivity contribution is 0.0601. The molecule has 1 aromatic rings. The maximum atomic E-state index is 13.2. The van der Waals surface area contributed by atoms with Crippen LogP contribution in [0.2, 0.25) is 0 Å².